The first-order chi connectivity index (χ1) is 10.7. The smallest absolute Gasteiger partial charge is 0.0991 e. The van der Waals surface area contributed by atoms with Gasteiger partial charge in [-0.2, -0.15) is 5.26 Å². The van der Waals surface area contributed by atoms with Crippen molar-refractivity contribution in [3.63, 3.8) is 0 Å². The van der Waals surface area contributed by atoms with Gasteiger partial charge in [0.05, 0.1) is 17.1 Å². The van der Waals surface area contributed by atoms with Gasteiger partial charge in [-0.15, -0.1) is 0 Å². The van der Waals surface area contributed by atoms with E-state index in [2.05, 4.69) is 6.07 Å². The van der Waals surface area contributed by atoms with Gasteiger partial charge in [-0.3, -0.25) is 0 Å². The number of fused-ring (bicyclic) bond motifs is 3. The quantitative estimate of drug-likeness (QED) is 0.582. The average Bonchev–Trinajstić information content (AvgIpc) is 2.85. The van der Waals surface area contributed by atoms with Crippen LogP contribution in [0.2, 0.25) is 0 Å². The van der Waals surface area contributed by atoms with E-state index in [4.69, 9.17) is 10.7 Å². The number of para-hydroxylation sites is 1. The Morgan fingerprint density at radius 1 is 1.11 bits per heavy atom. The Labute approximate surface area is 118 Å². The minimum absolute atomic E-state index is 0.0503. The number of aromatic nitrogens is 1. The van der Waals surface area contributed by atoms with Crippen molar-refractivity contribution in [1.82, 2.24) is 4.57 Å². The molecule has 3 aromatic rings. The van der Waals surface area contributed by atoms with E-state index in [-0.39, 0.29) is 29.7 Å². The first-order valence-corrected chi connectivity index (χ1v) is 6.13. The molecule has 0 unspecified atom stereocenters. The number of benzene rings is 2. The van der Waals surface area contributed by atoms with Crippen molar-refractivity contribution in [2.75, 3.05) is 0 Å². The number of nitrogens with zero attached hydrogens (tertiary/aromatic N) is 2. The maximum absolute atomic E-state index is 9.15. The van der Waals surface area contributed by atoms with Crippen LogP contribution in [-0.4, -0.2) is 4.57 Å². The van der Waals surface area contributed by atoms with Gasteiger partial charge in [0.2, 0.25) is 0 Å². The second-order valence-corrected chi connectivity index (χ2v) is 5.57. The van der Waals surface area contributed by atoms with E-state index in [1.54, 1.807) is 12.1 Å². The molecule has 1 aromatic heterocycles. The van der Waals surface area contributed by atoms with E-state index in [0.717, 1.165) is 5.52 Å². The third kappa shape index (κ3) is 1.70. The lowest BCUT2D eigenvalue weighted by Gasteiger charge is -2.24. The monoisotopic (exact) mass is 252 g/mol. The normalized spacial score (nSPS) is 14.8. The van der Waals surface area contributed by atoms with Crippen LogP contribution in [-0.2, 0) is 5.54 Å². The summed E-state index contributed by atoms with van der Waals surface area (Å²) in [6.07, 6.45) is 0. The zero-order valence-electron chi connectivity index (χ0n) is 15.1. The summed E-state index contributed by atoms with van der Waals surface area (Å²) in [6, 6.07) is 6.70. The zero-order chi connectivity index (χ0) is 17.1. The highest BCUT2D eigenvalue weighted by atomic mass is 15.0. The van der Waals surface area contributed by atoms with Crippen LogP contribution in [0.25, 0.3) is 21.8 Å². The number of rotatable bonds is 0. The molecule has 0 saturated heterocycles. The summed E-state index contributed by atoms with van der Waals surface area (Å²) in [4.78, 5) is 0. The molecule has 0 radical (unpaired) electrons. The Balaban J connectivity index is 2.72. The fourth-order valence-electron chi connectivity index (χ4n) is 2.49. The molecule has 0 fully saturated rings. The Bertz CT molecular complexity index is 1000. The second-order valence-electron chi connectivity index (χ2n) is 5.57. The topological polar surface area (TPSA) is 28.7 Å². The van der Waals surface area contributed by atoms with Crippen LogP contribution in [0, 0.1) is 11.3 Å². The molecule has 2 aromatic carbocycles. The molecule has 2 nitrogen and oxygen atoms in total. The number of hydrogen-bond donors (Lipinski definition) is 0. The van der Waals surface area contributed by atoms with Crippen molar-refractivity contribution in [3.8, 4) is 6.07 Å². The molecule has 19 heavy (non-hydrogen) atoms. The Kier molecular flexibility index (Phi) is 1.63. The molecular weight excluding hydrogens is 232 g/mol. The largest absolute Gasteiger partial charge is 0.335 e. The van der Waals surface area contributed by atoms with Gasteiger partial charge in [-0.25, -0.2) is 0 Å². The summed E-state index contributed by atoms with van der Waals surface area (Å²) in [5.74, 6) is 0. The van der Waals surface area contributed by atoms with Crippen molar-refractivity contribution < 1.29 is 5.48 Å². The molecule has 0 N–H and O–H groups in total. The Hall–Kier alpha value is -2.27. The molecule has 0 aliphatic carbocycles. The molecule has 0 atom stereocenters. The summed E-state index contributed by atoms with van der Waals surface area (Å²) in [5, 5.41) is 10.3. The number of hydrogen-bond acceptors (Lipinski definition) is 1. The van der Waals surface area contributed by atoms with Crippen molar-refractivity contribution in [2.24, 2.45) is 0 Å². The first-order valence-electron chi connectivity index (χ1n) is 8.13. The second kappa shape index (κ2) is 3.86. The van der Waals surface area contributed by atoms with Crippen LogP contribution in [0.15, 0.2) is 42.4 Å². The standard InChI is InChI=1S/C17H16N2/c1-17(2,3)19-15-7-5-4-6-13(15)14-10-12(11-18)8-9-16(14)19/h4-10H,1-3H3/i4D,5D,6D,7D. The Morgan fingerprint density at radius 2 is 1.84 bits per heavy atom. The lowest BCUT2D eigenvalue weighted by molar-refractivity contribution is 0.423. The molecule has 1 heterocycles. The molecule has 2 heteroatoms. The van der Waals surface area contributed by atoms with Gasteiger partial charge < -0.3 is 4.57 Å². The van der Waals surface area contributed by atoms with E-state index in [9.17, 15) is 0 Å². The van der Waals surface area contributed by atoms with E-state index in [0.29, 0.717) is 21.9 Å². The summed E-state index contributed by atoms with van der Waals surface area (Å²) in [6.45, 7) is 5.97. The SMILES string of the molecule is [2H]c1c([2H])c([2H])c2c(c1[2H])c1cc(C#N)ccc1n2C(C)(C)C. The zero-order valence-corrected chi connectivity index (χ0v) is 11.1. The van der Waals surface area contributed by atoms with Gasteiger partial charge in [0.25, 0.3) is 0 Å². The molecule has 0 bridgehead atoms. The highest BCUT2D eigenvalue weighted by Gasteiger charge is 2.20. The van der Waals surface area contributed by atoms with Crippen molar-refractivity contribution in [2.45, 2.75) is 26.3 Å². The highest BCUT2D eigenvalue weighted by Crippen LogP contribution is 2.34. The summed E-state index contributed by atoms with van der Waals surface area (Å²) >= 11 is 0. The molecule has 0 spiro atoms. The summed E-state index contributed by atoms with van der Waals surface area (Å²) in [5.41, 5.74) is 1.39. The summed E-state index contributed by atoms with van der Waals surface area (Å²) < 4.78 is 34.4. The third-order valence-electron chi connectivity index (χ3n) is 3.20. The van der Waals surface area contributed by atoms with Crippen LogP contribution < -0.4 is 0 Å². The van der Waals surface area contributed by atoms with E-state index < -0.39 is 0 Å². The van der Waals surface area contributed by atoms with Crippen LogP contribution in [0.1, 0.15) is 31.8 Å². The van der Waals surface area contributed by atoms with Gasteiger partial charge >= 0.3 is 0 Å². The fraction of sp³-hybridized carbons (Fsp3) is 0.235. The molecule has 0 saturated carbocycles. The van der Waals surface area contributed by atoms with E-state index in [1.807, 2.05) is 31.4 Å². The van der Waals surface area contributed by atoms with Crippen LogP contribution in [0.5, 0.6) is 0 Å². The van der Waals surface area contributed by atoms with Gasteiger partial charge in [-0.1, -0.05) is 18.1 Å². The van der Waals surface area contributed by atoms with E-state index >= 15 is 0 Å². The van der Waals surface area contributed by atoms with Gasteiger partial charge in [-0.05, 0) is 45.0 Å². The minimum atomic E-state index is -0.369. The predicted octanol–water partition coefficient (Wildman–Crippen LogP) is 4.42. The average molecular weight is 252 g/mol. The molecule has 94 valence electrons. The summed E-state index contributed by atoms with van der Waals surface area (Å²) in [7, 11) is 0. The predicted molar refractivity (Wildman–Crippen MR) is 79.2 cm³/mol. The maximum Gasteiger partial charge on any atom is 0.0991 e. The lowest BCUT2D eigenvalue weighted by Crippen LogP contribution is -2.21. The van der Waals surface area contributed by atoms with Crippen molar-refractivity contribution >= 4 is 21.8 Å². The van der Waals surface area contributed by atoms with Crippen molar-refractivity contribution in [3.05, 3.63) is 47.9 Å². The van der Waals surface area contributed by atoms with Gasteiger partial charge in [0.1, 0.15) is 0 Å². The number of nitriles is 1. The lowest BCUT2D eigenvalue weighted by atomic mass is 10.1. The molecular formula is C17H16N2. The van der Waals surface area contributed by atoms with Crippen molar-refractivity contribution in [1.29, 1.82) is 5.26 Å². The minimum Gasteiger partial charge on any atom is -0.335 e. The van der Waals surface area contributed by atoms with Crippen LogP contribution in [0.4, 0.5) is 0 Å². The highest BCUT2D eigenvalue weighted by molar-refractivity contribution is 6.08. The molecule has 0 aliphatic heterocycles. The maximum atomic E-state index is 9.15. The first kappa shape index (κ1) is 8.01. The van der Waals surface area contributed by atoms with Gasteiger partial charge in [0, 0.05) is 27.3 Å². The van der Waals surface area contributed by atoms with Crippen LogP contribution >= 0.6 is 0 Å². The fourth-order valence-corrected chi connectivity index (χ4v) is 2.49. The van der Waals surface area contributed by atoms with E-state index in [1.165, 1.54) is 0 Å². The Morgan fingerprint density at radius 3 is 2.53 bits per heavy atom. The molecule has 3 rings (SSSR count). The third-order valence-corrected chi connectivity index (χ3v) is 3.20. The molecule has 0 aliphatic rings. The van der Waals surface area contributed by atoms with Gasteiger partial charge in [0.15, 0.2) is 0 Å². The van der Waals surface area contributed by atoms with Crippen LogP contribution in [0.3, 0.4) is 0 Å². The molecule has 0 amide bonds.